The van der Waals surface area contributed by atoms with E-state index in [1.807, 2.05) is 0 Å². The lowest BCUT2D eigenvalue weighted by molar-refractivity contribution is 0.0131. The molecule has 0 unspecified atom stereocenters. The number of hydrogen-bond donors (Lipinski definition) is 2. The molecule has 1 aliphatic heterocycles. The number of aromatic hydroxyl groups is 2. The van der Waals surface area contributed by atoms with E-state index in [9.17, 15) is 23.4 Å². The van der Waals surface area contributed by atoms with Crippen molar-refractivity contribution in [2.75, 3.05) is 26.6 Å². The number of Topliss-reactive ketones (excluding diaryl/α,β-unsaturated/α-hetero) is 1. The lowest BCUT2D eigenvalue weighted by atomic mass is 9.90. The van der Waals surface area contributed by atoms with Crippen molar-refractivity contribution in [1.29, 1.82) is 0 Å². The third-order valence-corrected chi connectivity index (χ3v) is 4.51. The third-order valence-electron chi connectivity index (χ3n) is 3.95. The molecule has 134 valence electrons. The van der Waals surface area contributed by atoms with E-state index in [4.69, 9.17) is 13.7 Å². The molecule has 1 heterocycles. The highest BCUT2D eigenvalue weighted by Gasteiger charge is 2.35. The number of ketones is 1. The van der Waals surface area contributed by atoms with E-state index in [0.717, 1.165) is 6.26 Å². The minimum absolute atomic E-state index is 0.0191. The Morgan fingerprint density at radius 3 is 2.64 bits per heavy atom. The summed E-state index contributed by atoms with van der Waals surface area (Å²) in [5, 5.41) is 21.7. The van der Waals surface area contributed by atoms with Crippen LogP contribution in [-0.4, -0.2) is 51.0 Å². The second-order valence-electron chi connectivity index (χ2n) is 5.58. The summed E-state index contributed by atoms with van der Waals surface area (Å²) in [7, 11) is -2.35. The van der Waals surface area contributed by atoms with Gasteiger partial charge in [-0.15, -0.1) is 0 Å². The number of rotatable bonds is 4. The van der Waals surface area contributed by atoms with Crippen molar-refractivity contribution in [3.05, 3.63) is 29.3 Å². The zero-order chi connectivity index (χ0) is 18.4. The maximum Gasteiger partial charge on any atom is 0.264 e. The molecule has 9 heteroatoms. The van der Waals surface area contributed by atoms with Gasteiger partial charge in [-0.2, -0.15) is 8.42 Å². The standard InChI is InChI=1S/C16H16O8S/c1-22-10-5-3-4-8-12(10)16(19)14-11(7-24-25(2,20)21)23-6-9(17)13(14)15(8)18/h3-5,11,18-19H,6-7H2,1-2H3/t11-/m1/s1. The summed E-state index contributed by atoms with van der Waals surface area (Å²) in [6.45, 7) is -0.806. The first kappa shape index (κ1) is 17.5. The van der Waals surface area contributed by atoms with E-state index < -0.39 is 28.6 Å². The molecule has 0 amide bonds. The van der Waals surface area contributed by atoms with Crippen molar-refractivity contribution in [1.82, 2.24) is 0 Å². The van der Waals surface area contributed by atoms with Gasteiger partial charge in [-0.1, -0.05) is 12.1 Å². The maximum absolute atomic E-state index is 12.2. The normalized spacial score (nSPS) is 17.5. The highest BCUT2D eigenvalue weighted by atomic mass is 32.2. The number of phenolic OH excluding ortho intramolecular Hbond substituents is 2. The van der Waals surface area contributed by atoms with Gasteiger partial charge >= 0.3 is 0 Å². The van der Waals surface area contributed by atoms with Gasteiger partial charge in [0.05, 0.1) is 30.9 Å². The Hall–Kier alpha value is -2.36. The van der Waals surface area contributed by atoms with Gasteiger partial charge in [0.1, 0.15) is 30.0 Å². The molecular weight excluding hydrogens is 352 g/mol. The van der Waals surface area contributed by atoms with Gasteiger partial charge in [-0.25, -0.2) is 0 Å². The van der Waals surface area contributed by atoms with Gasteiger partial charge in [-0.3, -0.25) is 8.98 Å². The lowest BCUT2D eigenvalue weighted by Gasteiger charge is -2.27. The van der Waals surface area contributed by atoms with Gasteiger partial charge in [0, 0.05) is 10.9 Å². The summed E-state index contributed by atoms with van der Waals surface area (Å²) in [6.07, 6.45) is -0.162. The van der Waals surface area contributed by atoms with Crippen LogP contribution >= 0.6 is 0 Å². The van der Waals surface area contributed by atoms with Crippen LogP contribution < -0.4 is 4.74 Å². The van der Waals surface area contributed by atoms with E-state index in [1.165, 1.54) is 13.2 Å². The minimum atomic E-state index is -3.75. The number of carbonyl (C=O) groups is 1. The molecule has 0 saturated carbocycles. The Morgan fingerprint density at radius 2 is 2.00 bits per heavy atom. The Kier molecular flexibility index (Phi) is 4.31. The average Bonchev–Trinajstić information content (AvgIpc) is 2.56. The molecule has 1 atom stereocenters. The number of methoxy groups -OCH3 is 1. The van der Waals surface area contributed by atoms with Crippen LogP contribution in [0.5, 0.6) is 17.2 Å². The molecule has 2 aromatic rings. The van der Waals surface area contributed by atoms with Crippen LogP contribution in [0.4, 0.5) is 0 Å². The minimum Gasteiger partial charge on any atom is -0.507 e. The zero-order valence-corrected chi connectivity index (χ0v) is 14.3. The van der Waals surface area contributed by atoms with Gasteiger partial charge in [-0.05, 0) is 6.07 Å². The molecule has 0 aromatic heterocycles. The molecule has 8 nitrogen and oxygen atoms in total. The second kappa shape index (κ2) is 6.17. The molecule has 25 heavy (non-hydrogen) atoms. The van der Waals surface area contributed by atoms with E-state index in [-0.39, 0.29) is 45.8 Å². The molecule has 0 fully saturated rings. The highest BCUT2D eigenvalue weighted by Crippen LogP contribution is 2.48. The molecular formula is C16H16O8S. The average molecular weight is 368 g/mol. The Bertz CT molecular complexity index is 964. The van der Waals surface area contributed by atoms with E-state index in [2.05, 4.69) is 0 Å². The Balaban J connectivity index is 2.27. The van der Waals surface area contributed by atoms with E-state index in [0.29, 0.717) is 0 Å². The predicted molar refractivity (Wildman–Crippen MR) is 87.6 cm³/mol. The van der Waals surface area contributed by atoms with Crippen LogP contribution in [-0.2, 0) is 19.0 Å². The molecule has 1 aliphatic rings. The third kappa shape index (κ3) is 3.01. The van der Waals surface area contributed by atoms with Gasteiger partial charge in [0.2, 0.25) is 0 Å². The quantitative estimate of drug-likeness (QED) is 0.615. The van der Waals surface area contributed by atoms with Gasteiger partial charge in [0.25, 0.3) is 10.1 Å². The first-order valence-electron chi connectivity index (χ1n) is 7.28. The molecule has 0 spiro atoms. The number of hydrogen-bond acceptors (Lipinski definition) is 8. The van der Waals surface area contributed by atoms with Crippen molar-refractivity contribution in [3.8, 4) is 17.2 Å². The molecule has 0 aliphatic carbocycles. The summed E-state index contributed by atoms with van der Waals surface area (Å²) in [6, 6.07) is 4.74. The Morgan fingerprint density at radius 1 is 1.28 bits per heavy atom. The van der Waals surface area contributed by atoms with E-state index in [1.54, 1.807) is 12.1 Å². The van der Waals surface area contributed by atoms with Crippen LogP contribution in [0.25, 0.3) is 10.8 Å². The zero-order valence-electron chi connectivity index (χ0n) is 13.5. The highest BCUT2D eigenvalue weighted by molar-refractivity contribution is 7.85. The summed E-state index contributed by atoms with van der Waals surface area (Å²) in [4.78, 5) is 12.2. The maximum atomic E-state index is 12.2. The topological polar surface area (TPSA) is 119 Å². The van der Waals surface area contributed by atoms with Crippen LogP contribution in [0.1, 0.15) is 22.0 Å². The monoisotopic (exact) mass is 368 g/mol. The Labute approximate surface area is 143 Å². The van der Waals surface area contributed by atoms with Crippen molar-refractivity contribution >= 4 is 26.7 Å². The number of benzene rings is 2. The lowest BCUT2D eigenvalue weighted by Crippen LogP contribution is -2.26. The van der Waals surface area contributed by atoms with Crippen LogP contribution in [0.3, 0.4) is 0 Å². The molecule has 0 saturated heterocycles. The van der Waals surface area contributed by atoms with Crippen LogP contribution in [0.2, 0.25) is 0 Å². The number of phenols is 2. The van der Waals surface area contributed by atoms with Crippen molar-refractivity contribution < 1.29 is 37.1 Å². The fourth-order valence-corrected chi connectivity index (χ4v) is 3.27. The summed E-state index contributed by atoms with van der Waals surface area (Å²) in [5.41, 5.74) is -0.124. The largest absolute Gasteiger partial charge is 0.507 e. The fourth-order valence-electron chi connectivity index (χ4n) is 2.90. The number of ether oxygens (including phenoxy) is 2. The molecule has 2 N–H and O–H groups in total. The molecule has 3 rings (SSSR count). The van der Waals surface area contributed by atoms with E-state index >= 15 is 0 Å². The summed E-state index contributed by atoms with van der Waals surface area (Å²) >= 11 is 0. The molecule has 0 bridgehead atoms. The van der Waals surface area contributed by atoms with Crippen molar-refractivity contribution in [3.63, 3.8) is 0 Å². The summed E-state index contributed by atoms with van der Waals surface area (Å²) < 4.78 is 37.7. The smallest absolute Gasteiger partial charge is 0.264 e. The second-order valence-corrected chi connectivity index (χ2v) is 7.22. The van der Waals surface area contributed by atoms with Crippen molar-refractivity contribution in [2.45, 2.75) is 6.10 Å². The number of fused-ring (bicyclic) bond motifs is 2. The van der Waals surface area contributed by atoms with Gasteiger partial charge < -0.3 is 19.7 Å². The SMILES string of the molecule is COc1cccc2c(O)c3c(c(O)c12)[C@@H](COS(C)(=O)=O)OCC3=O. The first-order chi connectivity index (χ1) is 11.7. The van der Waals surface area contributed by atoms with Crippen LogP contribution in [0, 0.1) is 0 Å². The van der Waals surface area contributed by atoms with Crippen LogP contribution in [0.15, 0.2) is 18.2 Å². The number of carbonyl (C=O) groups excluding carboxylic acids is 1. The first-order valence-corrected chi connectivity index (χ1v) is 9.10. The summed E-state index contributed by atoms with van der Waals surface area (Å²) in [5.74, 6) is -0.883. The molecule has 0 radical (unpaired) electrons. The van der Waals surface area contributed by atoms with Crippen molar-refractivity contribution in [2.24, 2.45) is 0 Å². The molecule has 2 aromatic carbocycles. The fraction of sp³-hybridized carbons (Fsp3) is 0.312. The predicted octanol–water partition coefficient (Wildman–Crippen LogP) is 1.49. The van der Waals surface area contributed by atoms with Gasteiger partial charge in [0.15, 0.2) is 5.78 Å².